The number of nitrogens with zero attached hydrogens (tertiary/aromatic N) is 4. The highest BCUT2D eigenvalue weighted by Gasteiger charge is 2.27. The molecule has 0 saturated heterocycles. The van der Waals surface area contributed by atoms with Crippen molar-refractivity contribution in [2.45, 2.75) is 33.2 Å². The van der Waals surface area contributed by atoms with Gasteiger partial charge in [0.1, 0.15) is 17.5 Å². The van der Waals surface area contributed by atoms with E-state index in [-0.39, 0.29) is 5.82 Å². The lowest BCUT2D eigenvalue weighted by molar-refractivity contribution is 0.424. The molecule has 2 aromatic heterocycles. The van der Waals surface area contributed by atoms with Crippen LogP contribution in [0.2, 0.25) is 0 Å². The van der Waals surface area contributed by atoms with E-state index < -0.39 is 0 Å². The van der Waals surface area contributed by atoms with Crippen molar-refractivity contribution < 1.29 is 8.91 Å². The zero-order valence-electron chi connectivity index (χ0n) is 17.6. The summed E-state index contributed by atoms with van der Waals surface area (Å²) in [5, 5.41) is 4.28. The average molecular weight is 414 g/mol. The van der Waals surface area contributed by atoms with Crippen molar-refractivity contribution in [3.8, 4) is 11.3 Å². The summed E-state index contributed by atoms with van der Waals surface area (Å²) >= 11 is 0. The molecule has 0 spiro atoms. The summed E-state index contributed by atoms with van der Waals surface area (Å²) < 4.78 is 19.1. The number of benzene rings is 2. The quantitative estimate of drug-likeness (QED) is 0.468. The monoisotopic (exact) mass is 414 g/mol. The van der Waals surface area contributed by atoms with E-state index >= 15 is 0 Å². The zero-order chi connectivity index (χ0) is 21.4. The van der Waals surface area contributed by atoms with Crippen LogP contribution in [0.15, 0.2) is 59.1 Å². The smallest absolute Gasteiger partial charge is 0.172 e. The summed E-state index contributed by atoms with van der Waals surface area (Å²) in [6, 6.07) is 16.7. The van der Waals surface area contributed by atoms with Crippen LogP contribution in [0.25, 0.3) is 11.3 Å². The lowest BCUT2D eigenvalue weighted by Gasteiger charge is -2.30. The predicted octanol–water partition coefficient (Wildman–Crippen LogP) is 5.04. The maximum atomic E-state index is 13.4. The molecule has 156 valence electrons. The third-order valence-corrected chi connectivity index (χ3v) is 5.77. The van der Waals surface area contributed by atoms with Gasteiger partial charge in [-0.2, -0.15) is 0 Å². The molecule has 6 heteroatoms. The van der Waals surface area contributed by atoms with Gasteiger partial charge in [0.2, 0.25) is 0 Å². The van der Waals surface area contributed by atoms with Gasteiger partial charge in [0.05, 0.1) is 12.2 Å². The van der Waals surface area contributed by atoms with Crippen LogP contribution in [0.1, 0.15) is 33.9 Å². The molecule has 0 atom stereocenters. The Morgan fingerprint density at radius 3 is 2.55 bits per heavy atom. The number of rotatable bonds is 4. The molecule has 5 nitrogen and oxygen atoms in total. The standard InChI is InChI=1S/C25H23FN4O/c1-16-21(14-18-6-4-3-5-7-18)25(28-17(2)27-16)30-13-12-23-22(15-30)24(31-29-23)19-8-10-20(26)11-9-19/h3-11H,12-15H2,1-2H3. The molecule has 0 unspecified atom stereocenters. The highest BCUT2D eigenvalue weighted by atomic mass is 19.1. The Morgan fingerprint density at radius 1 is 1.00 bits per heavy atom. The van der Waals surface area contributed by atoms with Gasteiger partial charge in [-0.05, 0) is 43.7 Å². The molecule has 5 rings (SSSR count). The van der Waals surface area contributed by atoms with Crippen LogP contribution in [0.4, 0.5) is 10.2 Å². The Morgan fingerprint density at radius 2 is 1.77 bits per heavy atom. The van der Waals surface area contributed by atoms with Crippen LogP contribution in [-0.2, 0) is 19.4 Å². The number of aromatic nitrogens is 3. The molecule has 0 saturated carbocycles. The maximum absolute atomic E-state index is 13.4. The van der Waals surface area contributed by atoms with Gasteiger partial charge >= 0.3 is 0 Å². The van der Waals surface area contributed by atoms with Crippen LogP contribution in [0.3, 0.4) is 0 Å². The first kappa shape index (κ1) is 19.4. The molecule has 4 aromatic rings. The van der Waals surface area contributed by atoms with Crippen molar-refractivity contribution in [1.82, 2.24) is 15.1 Å². The fourth-order valence-electron chi connectivity index (χ4n) is 4.21. The summed E-state index contributed by atoms with van der Waals surface area (Å²) in [5.41, 5.74) is 6.20. The van der Waals surface area contributed by atoms with E-state index in [0.29, 0.717) is 12.3 Å². The molecule has 2 aromatic carbocycles. The second kappa shape index (κ2) is 7.95. The van der Waals surface area contributed by atoms with Gasteiger partial charge in [0.15, 0.2) is 5.76 Å². The van der Waals surface area contributed by atoms with Crippen LogP contribution in [-0.4, -0.2) is 21.7 Å². The van der Waals surface area contributed by atoms with E-state index in [1.165, 1.54) is 17.7 Å². The summed E-state index contributed by atoms with van der Waals surface area (Å²) in [6.45, 7) is 5.43. The lowest BCUT2D eigenvalue weighted by atomic mass is 9.99. The molecular weight excluding hydrogens is 391 g/mol. The summed E-state index contributed by atoms with van der Waals surface area (Å²) in [6.07, 6.45) is 1.55. The Kier molecular flexibility index (Phi) is 4.98. The van der Waals surface area contributed by atoms with Crippen molar-refractivity contribution in [2.24, 2.45) is 0 Å². The van der Waals surface area contributed by atoms with E-state index in [0.717, 1.165) is 59.1 Å². The second-order valence-corrected chi connectivity index (χ2v) is 7.94. The Balaban J connectivity index is 1.52. The van der Waals surface area contributed by atoms with Crippen molar-refractivity contribution in [3.05, 3.63) is 94.3 Å². The predicted molar refractivity (Wildman–Crippen MR) is 117 cm³/mol. The first-order chi connectivity index (χ1) is 15.1. The third-order valence-electron chi connectivity index (χ3n) is 5.77. The Hall–Kier alpha value is -3.54. The summed E-state index contributed by atoms with van der Waals surface area (Å²) in [7, 11) is 0. The van der Waals surface area contributed by atoms with E-state index in [1.807, 2.05) is 13.0 Å². The molecule has 0 radical (unpaired) electrons. The fourth-order valence-corrected chi connectivity index (χ4v) is 4.21. The number of anilines is 1. The fraction of sp³-hybridized carbons (Fsp3) is 0.240. The van der Waals surface area contributed by atoms with Crippen LogP contribution in [0.5, 0.6) is 0 Å². The van der Waals surface area contributed by atoms with Gasteiger partial charge in [-0.25, -0.2) is 14.4 Å². The molecule has 0 fully saturated rings. The molecule has 3 heterocycles. The zero-order valence-corrected chi connectivity index (χ0v) is 17.6. The number of hydrogen-bond acceptors (Lipinski definition) is 5. The minimum absolute atomic E-state index is 0.267. The number of halogens is 1. The Bertz CT molecular complexity index is 1220. The van der Waals surface area contributed by atoms with Crippen molar-refractivity contribution >= 4 is 5.82 Å². The first-order valence-electron chi connectivity index (χ1n) is 10.4. The molecule has 1 aliphatic rings. The average Bonchev–Trinajstić information content (AvgIpc) is 3.20. The Labute approximate surface area is 180 Å². The SMILES string of the molecule is Cc1nc(C)c(Cc2ccccc2)c(N2CCc3noc(-c4ccc(F)cc4)c3C2)n1. The van der Waals surface area contributed by atoms with Gasteiger partial charge in [-0.3, -0.25) is 0 Å². The molecule has 0 amide bonds. The largest absolute Gasteiger partial charge is 0.356 e. The maximum Gasteiger partial charge on any atom is 0.172 e. The molecule has 31 heavy (non-hydrogen) atoms. The van der Waals surface area contributed by atoms with Crippen LogP contribution in [0, 0.1) is 19.7 Å². The highest BCUT2D eigenvalue weighted by Crippen LogP contribution is 2.34. The van der Waals surface area contributed by atoms with Crippen LogP contribution < -0.4 is 4.90 Å². The number of hydrogen-bond donors (Lipinski definition) is 0. The van der Waals surface area contributed by atoms with Crippen molar-refractivity contribution in [3.63, 3.8) is 0 Å². The summed E-state index contributed by atoms with van der Waals surface area (Å²) in [4.78, 5) is 11.8. The molecule has 0 bridgehead atoms. The number of aryl methyl sites for hydroxylation is 2. The minimum Gasteiger partial charge on any atom is -0.356 e. The van der Waals surface area contributed by atoms with E-state index in [1.54, 1.807) is 12.1 Å². The third kappa shape index (κ3) is 3.81. The van der Waals surface area contributed by atoms with Crippen molar-refractivity contribution in [2.75, 3.05) is 11.4 Å². The lowest BCUT2D eigenvalue weighted by Crippen LogP contribution is -2.32. The second-order valence-electron chi connectivity index (χ2n) is 7.94. The van der Waals surface area contributed by atoms with E-state index in [9.17, 15) is 4.39 Å². The van der Waals surface area contributed by atoms with Crippen LogP contribution >= 0.6 is 0 Å². The minimum atomic E-state index is -0.267. The van der Waals surface area contributed by atoms with Gasteiger partial charge < -0.3 is 9.42 Å². The van der Waals surface area contributed by atoms with Gasteiger partial charge in [-0.15, -0.1) is 0 Å². The normalized spacial score (nSPS) is 13.3. The molecule has 1 aliphatic heterocycles. The van der Waals surface area contributed by atoms with Gasteiger partial charge in [-0.1, -0.05) is 35.5 Å². The first-order valence-corrected chi connectivity index (χ1v) is 10.4. The number of fused-ring (bicyclic) bond motifs is 1. The van der Waals surface area contributed by atoms with E-state index in [4.69, 9.17) is 9.51 Å². The van der Waals surface area contributed by atoms with Gasteiger partial charge in [0, 0.05) is 41.8 Å². The van der Waals surface area contributed by atoms with Gasteiger partial charge in [0.25, 0.3) is 0 Å². The molecular formula is C25H23FN4O. The topological polar surface area (TPSA) is 55.1 Å². The summed E-state index contributed by atoms with van der Waals surface area (Å²) in [5.74, 6) is 2.16. The molecule has 0 aliphatic carbocycles. The van der Waals surface area contributed by atoms with Crippen molar-refractivity contribution in [1.29, 1.82) is 0 Å². The van der Waals surface area contributed by atoms with E-state index in [2.05, 4.69) is 46.2 Å². The highest BCUT2D eigenvalue weighted by molar-refractivity contribution is 5.64. The molecule has 0 N–H and O–H groups in total.